The highest BCUT2D eigenvalue weighted by molar-refractivity contribution is 7.92. The van der Waals surface area contributed by atoms with Crippen molar-refractivity contribution in [3.8, 4) is 5.75 Å². The summed E-state index contributed by atoms with van der Waals surface area (Å²) in [6.45, 7) is 2.72. The van der Waals surface area contributed by atoms with Crippen LogP contribution < -0.4 is 10.1 Å². The Morgan fingerprint density at radius 2 is 1.77 bits per heavy atom. The van der Waals surface area contributed by atoms with Crippen molar-refractivity contribution in [2.24, 2.45) is 5.92 Å². The molecular weight excluding hydrogens is 412 g/mol. The van der Waals surface area contributed by atoms with Gasteiger partial charge in [-0.2, -0.15) is 4.31 Å². The quantitative estimate of drug-likeness (QED) is 0.671. The Hall–Kier alpha value is -2.64. The number of carbonyl (C=O) groups excluding carboxylic acids is 1. The number of rotatable bonds is 8. The molecule has 0 aromatic heterocycles. The standard InChI is InChI=1S/C24H30N2O4S/c1-3-23(20-9-11-22(30-2)12-10-20)25-24(27)21-13-16-26(17-14-21)31(28,29)18-15-19-7-5-4-6-8-19/h4-12,15,18,21,23H,3,13-14,16-17H2,1-2H3,(H,25,27)/b18-15+. The van der Waals surface area contributed by atoms with E-state index in [-0.39, 0.29) is 17.9 Å². The molecule has 31 heavy (non-hydrogen) atoms. The number of ether oxygens (including phenoxy) is 1. The normalized spacial score (nSPS) is 16.8. The van der Waals surface area contributed by atoms with Crippen LogP contribution in [0.2, 0.25) is 0 Å². The van der Waals surface area contributed by atoms with Gasteiger partial charge in [0.15, 0.2) is 0 Å². The predicted octanol–water partition coefficient (Wildman–Crippen LogP) is 3.98. The predicted molar refractivity (Wildman–Crippen MR) is 123 cm³/mol. The van der Waals surface area contributed by atoms with Crippen LogP contribution >= 0.6 is 0 Å². The first-order valence-electron chi connectivity index (χ1n) is 10.6. The van der Waals surface area contributed by atoms with Crippen LogP contribution in [0.25, 0.3) is 6.08 Å². The molecule has 0 radical (unpaired) electrons. The van der Waals surface area contributed by atoms with Gasteiger partial charge >= 0.3 is 0 Å². The SMILES string of the molecule is CCC(NC(=O)C1CCN(S(=O)(=O)/C=C/c2ccccc2)CC1)c1ccc(OC)cc1. The molecule has 1 unspecified atom stereocenters. The van der Waals surface area contributed by atoms with Gasteiger partial charge in [0.2, 0.25) is 15.9 Å². The molecule has 0 spiro atoms. The van der Waals surface area contributed by atoms with Crippen LogP contribution in [0.3, 0.4) is 0 Å². The number of piperidine rings is 1. The van der Waals surface area contributed by atoms with Gasteiger partial charge in [0.05, 0.1) is 13.2 Å². The molecule has 2 aromatic carbocycles. The molecule has 7 heteroatoms. The van der Waals surface area contributed by atoms with E-state index in [4.69, 9.17) is 4.74 Å². The van der Waals surface area contributed by atoms with Crippen LogP contribution in [0.5, 0.6) is 5.75 Å². The van der Waals surface area contributed by atoms with Gasteiger partial charge in [-0.1, -0.05) is 49.4 Å². The van der Waals surface area contributed by atoms with E-state index in [2.05, 4.69) is 5.32 Å². The minimum Gasteiger partial charge on any atom is -0.497 e. The number of nitrogens with zero attached hydrogens (tertiary/aromatic N) is 1. The zero-order chi connectivity index (χ0) is 22.3. The Kier molecular flexibility index (Phi) is 7.87. The van der Waals surface area contributed by atoms with Crippen molar-refractivity contribution in [2.45, 2.75) is 32.2 Å². The van der Waals surface area contributed by atoms with E-state index in [9.17, 15) is 13.2 Å². The number of sulfonamides is 1. The smallest absolute Gasteiger partial charge is 0.236 e. The van der Waals surface area contributed by atoms with Crippen LogP contribution in [0.4, 0.5) is 0 Å². The Balaban J connectivity index is 1.55. The van der Waals surface area contributed by atoms with Gasteiger partial charge < -0.3 is 10.1 Å². The summed E-state index contributed by atoms with van der Waals surface area (Å²) in [5.74, 6) is 0.580. The first kappa shape index (κ1) is 23.0. The average molecular weight is 443 g/mol. The summed E-state index contributed by atoms with van der Waals surface area (Å²) in [4.78, 5) is 12.8. The largest absolute Gasteiger partial charge is 0.497 e. The Bertz CT molecular complexity index is 980. The topological polar surface area (TPSA) is 75.7 Å². The fourth-order valence-electron chi connectivity index (χ4n) is 3.73. The summed E-state index contributed by atoms with van der Waals surface area (Å²) in [5, 5.41) is 4.38. The van der Waals surface area contributed by atoms with Crippen molar-refractivity contribution < 1.29 is 17.9 Å². The highest BCUT2D eigenvalue weighted by Crippen LogP contribution is 2.24. The lowest BCUT2D eigenvalue weighted by molar-refractivity contribution is -0.126. The third-order valence-electron chi connectivity index (χ3n) is 5.66. The summed E-state index contributed by atoms with van der Waals surface area (Å²) < 4.78 is 31.9. The molecule has 3 rings (SSSR count). The van der Waals surface area contributed by atoms with Gasteiger partial charge in [0.25, 0.3) is 0 Å². The first-order valence-corrected chi connectivity index (χ1v) is 12.1. The summed E-state index contributed by atoms with van der Waals surface area (Å²) in [5.41, 5.74) is 1.87. The van der Waals surface area contributed by atoms with E-state index in [0.29, 0.717) is 25.9 Å². The summed E-state index contributed by atoms with van der Waals surface area (Å²) in [6.07, 6.45) is 3.41. The molecule has 1 fully saturated rings. The molecule has 0 bridgehead atoms. The molecule has 1 atom stereocenters. The van der Waals surface area contributed by atoms with E-state index in [1.54, 1.807) is 13.2 Å². The van der Waals surface area contributed by atoms with Crippen molar-refractivity contribution in [1.29, 1.82) is 0 Å². The molecule has 1 aliphatic heterocycles. The van der Waals surface area contributed by atoms with Gasteiger partial charge in [-0.25, -0.2) is 8.42 Å². The molecule has 2 aromatic rings. The van der Waals surface area contributed by atoms with E-state index in [0.717, 1.165) is 23.3 Å². The van der Waals surface area contributed by atoms with Gasteiger partial charge in [0.1, 0.15) is 5.75 Å². The Morgan fingerprint density at radius 3 is 2.35 bits per heavy atom. The fraction of sp³-hybridized carbons (Fsp3) is 0.375. The van der Waals surface area contributed by atoms with E-state index >= 15 is 0 Å². The minimum atomic E-state index is -3.50. The van der Waals surface area contributed by atoms with Crippen molar-refractivity contribution >= 4 is 22.0 Å². The summed E-state index contributed by atoms with van der Waals surface area (Å²) in [6, 6.07) is 17.0. The number of amides is 1. The van der Waals surface area contributed by atoms with Gasteiger partial charge in [-0.15, -0.1) is 0 Å². The average Bonchev–Trinajstić information content (AvgIpc) is 2.82. The lowest BCUT2D eigenvalue weighted by Gasteiger charge is -2.30. The highest BCUT2D eigenvalue weighted by Gasteiger charge is 2.30. The molecule has 1 N–H and O–H groups in total. The maximum atomic E-state index is 12.8. The van der Waals surface area contributed by atoms with Crippen LogP contribution in [0.15, 0.2) is 60.0 Å². The molecule has 1 aliphatic rings. The second-order valence-electron chi connectivity index (χ2n) is 7.67. The zero-order valence-electron chi connectivity index (χ0n) is 18.0. The molecule has 1 heterocycles. The second-order valence-corrected chi connectivity index (χ2v) is 9.49. The maximum absolute atomic E-state index is 12.8. The van der Waals surface area contributed by atoms with Gasteiger partial charge in [-0.05, 0) is 48.6 Å². The van der Waals surface area contributed by atoms with E-state index in [1.165, 1.54) is 9.71 Å². The Morgan fingerprint density at radius 1 is 1.13 bits per heavy atom. The number of methoxy groups -OCH3 is 1. The lowest BCUT2D eigenvalue weighted by Crippen LogP contribution is -2.43. The van der Waals surface area contributed by atoms with Crippen LogP contribution in [-0.4, -0.2) is 38.8 Å². The molecular formula is C24H30N2O4S. The van der Waals surface area contributed by atoms with Gasteiger partial charge in [-0.3, -0.25) is 4.79 Å². The maximum Gasteiger partial charge on any atom is 0.236 e. The Labute approximate surface area is 185 Å². The monoisotopic (exact) mass is 442 g/mol. The van der Waals surface area contributed by atoms with Crippen LogP contribution in [-0.2, 0) is 14.8 Å². The molecule has 0 aliphatic carbocycles. The summed E-state index contributed by atoms with van der Waals surface area (Å²) >= 11 is 0. The van der Waals surface area contributed by atoms with Crippen LogP contribution in [0, 0.1) is 5.92 Å². The van der Waals surface area contributed by atoms with Crippen molar-refractivity contribution in [1.82, 2.24) is 9.62 Å². The third-order valence-corrected chi connectivity index (χ3v) is 7.22. The number of hydrogen-bond acceptors (Lipinski definition) is 4. The van der Waals surface area contributed by atoms with Crippen molar-refractivity contribution in [3.05, 3.63) is 71.1 Å². The molecule has 166 valence electrons. The third kappa shape index (κ3) is 6.18. The number of carbonyl (C=O) groups is 1. The molecule has 1 amide bonds. The zero-order valence-corrected chi connectivity index (χ0v) is 18.8. The van der Waals surface area contributed by atoms with E-state index in [1.807, 2.05) is 61.5 Å². The summed E-state index contributed by atoms with van der Waals surface area (Å²) in [7, 11) is -1.88. The molecule has 0 saturated carbocycles. The van der Waals surface area contributed by atoms with Gasteiger partial charge in [0, 0.05) is 24.4 Å². The van der Waals surface area contributed by atoms with E-state index < -0.39 is 10.0 Å². The van der Waals surface area contributed by atoms with Crippen molar-refractivity contribution in [2.75, 3.05) is 20.2 Å². The fourth-order valence-corrected chi connectivity index (χ4v) is 4.96. The number of hydrogen-bond donors (Lipinski definition) is 1. The highest BCUT2D eigenvalue weighted by atomic mass is 32.2. The van der Waals surface area contributed by atoms with Crippen molar-refractivity contribution in [3.63, 3.8) is 0 Å². The molecule has 1 saturated heterocycles. The second kappa shape index (κ2) is 10.6. The first-order chi connectivity index (χ1) is 14.9. The van der Waals surface area contributed by atoms with Crippen LogP contribution in [0.1, 0.15) is 43.4 Å². The minimum absolute atomic E-state index is 0.0143. The molecule has 6 nitrogen and oxygen atoms in total. The lowest BCUT2D eigenvalue weighted by atomic mass is 9.95. The number of nitrogens with one attached hydrogen (secondary N) is 1. The number of benzene rings is 2.